The normalized spacial score (nSPS) is 16.8. The van der Waals surface area contributed by atoms with Gasteiger partial charge in [-0.2, -0.15) is 0 Å². The van der Waals surface area contributed by atoms with Crippen molar-refractivity contribution < 1.29 is 9.13 Å². The van der Waals surface area contributed by atoms with Crippen molar-refractivity contribution >= 4 is 44.7 Å². The molecule has 0 unspecified atom stereocenters. The quantitative estimate of drug-likeness (QED) is 0.132. The third-order valence-electron chi connectivity index (χ3n) is 10.1. The number of benzene rings is 3. The number of nitrogens with one attached hydrogen (secondary N) is 1. The third-order valence-corrected chi connectivity index (χ3v) is 11.3. The first kappa shape index (κ1) is 34.5. The van der Waals surface area contributed by atoms with Gasteiger partial charge in [0.25, 0.3) is 0 Å². The molecule has 1 aliphatic heterocycles. The van der Waals surface area contributed by atoms with Gasteiger partial charge in [0, 0.05) is 62.6 Å². The lowest BCUT2D eigenvalue weighted by Gasteiger charge is -2.39. The maximum Gasteiger partial charge on any atom is 0.203 e. The number of thiazole rings is 1. The largest absolute Gasteiger partial charge is 0.494 e. The second kappa shape index (κ2) is 15.1. The molecular formula is C40H46ClFN6OS. The van der Waals surface area contributed by atoms with Crippen LogP contribution >= 0.6 is 22.9 Å². The summed E-state index contributed by atoms with van der Waals surface area (Å²) in [6.45, 7) is 11.7. The lowest BCUT2D eigenvalue weighted by atomic mass is 9.73. The van der Waals surface area contributed by atoms with E-state index in [2.05, 4.69) is 62.4 Å². The van der Waals surface area contributed by atoms with Crippen molar-refractivity contribution in [2.24, 2.45) is 5.41 Å². The second-order valence-corrected chi connectivity index (χ2v) is 15.6. The number of hydrogen-bond donors (Lipinski definition) is 1. The second-order valence-electron chi connectivity index (χ2n) is 14.3. The molecule has 1 saturated heterocycles. The van der Waals surface area contributed by atoms with E-state index in [0.717, 1.165) is 85.3 Å². The smallest absolute Gasteiger partial charge is 0.203 e. The van der Waals surface area contributed by atoms with Crippen LogP contribution in [-0.2, 0) is 19.5 Å². The Labute approximate surface area is 303 Å². The van der Waals surface area contributed by atoms with Crippen molar-refractivity contribution in [3.63, 3.8) is 0 Å². The standard InChI is InChI=1S/C40H46ClFN6OS/c1-40(2)18-16-35(29-8-10-31(41)11-9-29)30(26-40)27-45-21-23-46(24-22-45)39-44-33(28-50-39)17-20-48-37-7-4-3-6-36(37)47(38(48)43)19-5-25-49-34-14-12-32(42)13-15-34/h3-4,6-15,28,43H,5,16-27H2,1-2H3. The predicted octanol–water partition coefficient (Wildman–Crippen LogP) is 8.67. The van der Waals surface area contributed by atoms with Crippen LogP contribution in [0.15, 0.2) is 83.7 Å². The van der Waals surface area contributed by atoms with E-state index in [-0.39, 0.29) is 5.82 Å². The summed E-state index contributed by atoms with van der Waals surface area (Å²) < 4.78 is 23.2. The molecule has 50 heavy (non-hydrogen) atoms. The van der Waals surface area contributed by atoms with Gasteiger partial charge >= 0.3 is 0 Å². The molecular weight excluding hydrogens is 667 g/mol. The molecule has 0 bridgehead atoms. The van der Waals surface area contributed by atoms with Gasteiger partial charge in [-0.15, -0.1) is 11.3 Å². The van der Waals surface area contributed by atoms with Crippen molar-refractivity contribution in [2.75, 3.05) is 44.2 Å². The minimum atomic E-state index is -0.274. The Morgan fingerprint density at radius 1 is 0.920 bits per heavy atom. The Balaban J connectivity index is 0.950. The van der Waals surface area contributed by atoms with Crippen molar-refractivity contribution in [1.29, 1.82) is 5.41 Å². The molecule has 1 fully saturated rings. The van der Waals surface area contributed by atoms with Gasteiger partial charge in [0.2, 0.25) is 5.62 Å². The molecule has 0 saturated carbocycles. The Bertz CT molecular complexity index is 2000. The van der Waals surface area contributed by atoms with Gasteiger partial charge < -0.3 is 18.8 Å². The van der Waals surface area contributed by atoms with Crippen LogP contribution in [0.5, 0.6) is 5.75 Å². The van der Waals surface area contributed by atoms with E-state index in [4.69, 9.17) is 26.7 Å². The van der Waals surface area contributed by atoms with E-state index in [1.165, 1.54) is 29.7 Å². The fourth-order valence-electron chi connectivity index (χ4n) is 7.40. The summed E-state index contributed by atoms with van der Waals surface area (Å²) in [6, 6.07) is 22.7. The topological polar surface area (TPSA) is 62.3 Å². The van der Waals surface area contributed by atoms with Gasteiger partial charge in [0.05, 0.1) is 23.3 Å². The zero-order valence-electron chi connectivity index (χ0n) is 29.0. The molecule has 0 amide bonds. The molecule has 1 aliphatic carbocycles. The van der Waals surface area contributed by atoms with Crippen LogP contribution in [0.4, 0.5) is 9.52 Å². The number of halogens is 2. The average Bonchev–Trinajstić information content (AvgIpc) is 3.69. The summed E-state index contributed by atoms with van der Waals surface area (Å²) in [7, 11) is 0. The first-order valence-electron chi connectivity index (χ1n) is 17.7. The molecule has 7 nitrogen and oxygen atoms in total. The van der Waals surface area contributed by atoms with Crippen LogP contribution in [0.25, 0.3) is 16.6 Å². The van der Waals surface area contributed by atoms with Crippen molar-refractivity contribution in [3.05, 3.63) is 111 Å². The molecule has 2 aliphatic rings. The van der Waals surface area contributed by atoms with E-state index < -0.39 is 0 Å². The molecule has 3 aromatic carbocycles. The Morgan fingerprint density at radius 3 is 2.34 bits per heavy atom. The van der Waals surface area contributed by atoms with Crippen LogP contribution in [0.1, 0.15) is 50.8 Å². The van der Waals surface area contributed by atoms with Crippen LogP contribution in [0.2, 0.25) is 5.02 Å². The van der Waals surface area contributed by atoms with E-state index in [1.807, 2.05) is 24.3 Å². The lowest BCUT2D eigenvalue weighted by molar-refractivity contribution is 0.256. The Hall–Kier alpha value is -3.92. The molecule has 0 atom stereocenters. The van der Waals surface area contributed by atoms with E-state index in [0.29, 0.717) is 36.5 Å². The molecule has 262 valence electrons. The molecule has 1 N–H and O–H groups in total. The van der Waals surface area contributed by atoms with E-state index in [1.54, 1.807) is 29.0 Å². The maximum absolute atomic E-state index is 13.2. The average molecular weight is 713 g/mol. The number of aromatic nitrogens is 3. The number of ether oxygens (including phenoxy) is 1. The minimum absolute atomic E-state index is 0.274. The number of fused-ring (bicyclic) bond motifs is 1. The van der Waals surface area contributed by atoms with E-state index in [9.17, 15) is 4.39 Å². The highest BCUT2D eigenvalue weighted by atomic mass is 35.5. The van der Waals surface area contributed by atoms with Crippen LogP contribution in [0.3, 0.4) is 0 Å². The summed E-state index contributed by atoms with van der Waals surface area (Å²) in [4.78, 5) is 10.1. The molecule has 10 heteroatoms. The predicted molar refractivity (Wildman–Crippen MR) is 203 cm³/mol. The number of anilines is 1. The van der Waals surface area contributed by atoms with Crippen molar-refractivity contribution in [2.45, 2.75) is 59.0 Å². The summed E-state index contributed by atoms with van der Waals surface area (Å²) >= 11 is 7.94. The molecule has 7 rings (SSSR count). The fraction of sp³-hybridized carbons (Fsp3) is 0.400. The number of imidazole rings is 1. The van der Waals surface area contributed by atoms with Crippen LogP contribution < -0.4 is 15.3 Å². The Morgan fingerprint density at radius 2 is 1.62 bits per heavy atom. The fourth-order valence-corrected chi connectivity index (χ4v) is 8.44. The molecule has 0 radical (unpaired) electrons. The number of rotatable bonds is 12. The zero-order chi connectivity index (χ0) is 34.7. The number of piperazine rings is 1. The number of allylic oxidation sites excluding steroid dienone is 1. The Kier molecular flexibility index (Phi) is 10.4. The van der Waals surface area contributed by atoms with Gasteiger partial charge in [0.1, 0.15) is 11.6 Å². The minimum Gasteiger partial charge on any atom is -0.494 e. The zero-order valence-corrected chi connectivity index (χ0v) is 30.6. The molecule has 5 aromatic rings. The summed E-state index contributed by atoms with van der Waals surface area (Å²) in [5.41, 5.74) is 8.41. The molecule has 3 heterocycles. The summed E-state index contributed by atoms with van der Waals surface area (Å²) in [6.07, 6.45) is 4.99. The van der Waals surface area contributed by atoms with Gasteiger partial charge in [-0.1, -0.05) is 55.3 Å². The highest BCUT2D eigenvalue weighted by molar-refractivity contribution is 7.13. The van der Waals surface area contributed by atoms with Gasteiger partial charge in [-0.3, -0.25) is 10.3 Å². The SMILES string of the molecule is CC1(C)CCC(c2ccc(Cl)cc2)=C(CN2CCN(c3nc(CCn4c(=N)n(CCCOc5ccc(F)cc5)c5ccccc54)cs3)CC2)C1. The van der Waals surface area contributed by atoms with Crippen LogP contribution in [0, 0.1) is 16.6 Å². The highest BCUT2D eigenvalue weighted by Crippen LogP contribution is 2.43. The summed E-state index contributed by atoms with van der Waals surface area (Å²) in [5, 5.41) is 13.1. The number of aryl methyl sites for hydroxylation is 3. The first-order chi connectivity index (χ1) is 24.2. The monoisotopic (exact) mass is 712 g/mol. The number of hydrogen-bond acceptors (Lipinski definition) is 6. The van der Waals surface area contributed by atoms with Crippen LogP contribution in [-0.4, -0.2) is 58.3 Å². The lowest BCUT2D eigenvalue weighted by Crippen LogP contribution is -2.47. The van der Waals surface area contributed by atoms with Gasteiger partial charge in [-0.25, -0.2) is 9.37 Å². The first-order valence-corrected chi connectivity index (χ1v) is 19.0. The van der Waals surface area contributed by atoms with Gasteiger partial charge in [0.15, 0.2) is 5.13 Å². The van der Waals surface area contributed by atoms with E-state index >= 15 is 0 Å². The van der Waals surface area contributed by atoms with Crippen molar-refractivity contribution in [1.82, 2.24) is 19.0 Å². The number of nitrogens with zero attached hydrogens (tertiary/aromatic N) is 5. The maximum atomic E-state index is 13.2. The summed E-state index contributed by atoms with van der Waals surface area (Å²) in [5.74, 6) is 0.378. The van der Waals surface area contributed by atoms with Crippen molar-refractivity contribution in [3.8, 4) is 5.75 Å². The highest BCUT2D eigenvalue weighted by Gasteiger charge is 2.29. The number of para-hydroxylation sites is 2. The molecule has 0 spiro atoms. The van der Waals surface area contributed by atoms with Gasteiger partial charge in [-0.05, 0) is 90.8 Å². The third kappa shape index (κ3) is 8.01. The molecule has 2 aromatic heterocycles.